The highest BCUT2D eigenvalue weighted by molar-refractivity contribution is 5.79. The number of hydrogen-bond donors (Lipinski definition) is 2. The summed E-state index contributed by atoms with van der Waals surface area (Å²) in [6, 6.07) is 1.40. The first-order chi connectivity index (χ1) is 14.3. The van der Waals surface area contributed by atoms with E-state index in [1.165, 1.54) is 6.21 Å². The fraction of sp³-hybridized carbons (Fsp3) is 0.571. The van der Waals surface area contributed by atoms with Crippen LogP contribution in [0.4, 0.5) is 13.2 Å². The number of nitrogens with zero attached hydrogens (tertiary/aromatic N) is 3. The van der Waals surface area contributed by atoms with Gasteiger partial charge in [0, 0.05) is 80.4 Å². The van der Waals surface area contributed by atoms with Gasteiger partial charge in [-0.05, 0) is 30.9 Å². The first-order valence-corrected chi connectivity index (χ1v) is 10.3. The quantitative estimate of drug-likeness (QED) is 0.735. The van der Waals surface area contributed by atoms with E-state index < -0.39 is 11.7 Å². The normalized spacial score (nSPS) is 25.4. The molecular formula is C21H26F3N5O. The van der Waals surface area contributed by atoms with Crippen LogP contribution >= 0.6 is 0 Å². The Labute approximate surface area is 173 Å². The molecule has 0 spiro atoms. The van der Waals surface area contributed by atoms with Crippen LogP contribution in [-0.4, -0.2) is 52.6 Å². The van der Waals surface area contributed by atoms with Crippen molar-refractivity contribution >= 4 is 12.1 Å². The highest BCUT2D eigenvalue weighted by Crippen LogP contribution is 2.35. The largest absolute Gasteiger partial charge is 0.417 e. The average molecular weight is 421 g/mol. The highest BCUT2D eigenvalue weighted by atomic mass is 19.4. The second-order valence-corrected chi connectivity index (χ2v) is 8.42. The lowest BCUT2D eigenvalue weighted by molar-refractivity contribution is -0.137. The minimum absolute atomic E-state index is 0.0277. The molecule has 2 aliphatic heterocycles. The first-order valence-electron chi connectivity index (χ1n) is 10.3. The maximum absolute atomic E-state index is 13.1. The molecule has 0 aromatic carbocycles. The van der Waals surface area contributed by atoms with Crippen LogP contribution in [0, 0.1) is 11.3 Å². The Morgan fingerprint density at radius 2 is 2.03 bits per heavy atom. The van der Waals surface area contributed by atoms with E-state index in [-0.39, 0.29) is 24.4 Å². The molecule has 2 unspecified atom stereocenters. The predicted molar refractivity (Wildman–Crippen MR) is 106 cm³/mol. The zero-order chi connectivity index (χ0) is 21.5. The van der Waals surface area contributed by atoms with Gasteiger partial charge in [-0.3, -0.25) is 14.7 Å². The van der Waals surface area contributed by atoms with E-state index in [2.05, 4.69) is 9.88 Å². The number of pyridine rings is 1. The molecule has 0 saturated heterocycles. The molecule has 3 aliphatic rings. The van der Waals surface area contributed by atoms with E-state index in [0.29, 0.717) is 30.8 Å². The molecule has 1 aromatic heterocycles. The fourth-order valence-electron chi connectivity index (χ4n) is 4.82. The van der Waals surface area contributed by atoms with Gasteiger partial charge in [0.05, 0.1) is 5.56 Å². The topological polar surface area (TPSA) is 86.3 Å². The Morgan fingerprint density at radius 1 is 1.23 bits per heavy atom. The summed E-state index contributed by atoms with van der Waals surface area (Å²) in [5.74, 6) is -0.0816. The molecule has 1 aliphatic carbocycles. The van der Waals surface area contributed by atoms with Gasteiger partial charge in [0.1, 0.15) is 0 Å². The number of aromatic nitrogens is 1. The smallest absolute Gasteiger partial charge is 0.402 e. The van der Waals surface area contributed by atoms with Crippen LogP contribution in [-0.2, 0) is 23.9 Å². The van der Waals surface area contributed by atoms with Gasteiger partial charge in [-0.1, -0.05) is 0 Å². The monoisotopic (exact) mass is 421 g/mol. The fourth-order valence-corrected chi connectivity index (χ4v) is 4.82. The molecule has 162 valence electrons. The number of fused-ring (bicyclic) bond motifs is 1. The molecule has 0 radical (unpaired) electrons. The lowest BCUT2D eigenvalue weighted by atomic mass is 9.99. The molecule has 1 amide bonds. The lowest BCUT2D eigenvalue weighted by Crippen LogP contribution is -2.42. The number of alkyl halides is 3. The van der Waals surface area contributed by atoms with Crippen LogP contribution in [0.1, 0.15) is 42.5 Å². The minimum atomic E-state index is -4.44. The summed E-state index contributed by atoms with van der Waals surface area (Å²) in [5.41, 5.74) is 7.95. The summed E-state index contributed by atoms with van der Waals surface area (Å²) in [6.07, 6.45) is 1.40. The zero-order valence-corrected chi connectivity index (χ0v) is 16.7. The van der Waals surface area contributed by atoms with Crippen LogP contribution < -0.4 is 5.73 Å². The van der Waals surface area contributed by atoms with E-state index in [0.717, 1.165) is 55.8 Å². The Hall–Kier alpha value is -2.42. The summed E-state index contributed by atoms with van der Waals surface area (Å²) >= 11 is 0. The second kappa shape index (κ2) is 8.02. The molecule has 3 N–H and O–H groups in total. The van der Waals surface area contributed by atoms with Gasteiger partial charge in [-0.15, -0.1) is 0 Å². The molecule has 1 saturated carbocycles. The molecule has 4 rings (SSSR count). The van der Waals surface area contributed by atoms with Gasteiger partial charge < -0.3 is 16.0 Å². The summed E-state index contributed by atoms with van der Waals surface area (Å²) in [7, 11) is 0. The highest BCUT2D eigenvalue weighted by Gasteiger charge is 2.38. The van der Waals surface area contributed by atoms with Gasteiger partial charge in [0.15, 0.2) is 0 Å². The van der Waals surface area contributed by atoms with Crippen LogP contribution in [0.5, 0.6) is 0 Å². The number of carbonyl (C=O) groups excluding carboxylic acids is 1. The van der Waals surface area contributed by atoms with E-state index in [1.807, 2.05) is 0 Å². The molecule has 9 heteroatoms. The maximum atomic E-state index is 13.1. The maximum Gasteiger partial charge on any atom is 0.417 e. The Bertz CT molecular complexity index is 882. The third kappa shape index (κ3) is 4.08. The second-order valence-electron chi connectivity index (χ2n) is 8.42. The molecular weight excluding hydrogens is 395 g/mol. The molecule has 0 bridgehead atoms. The standard InChI is InChI=1S/C21H26F3N5O/c22-21(23,24)16-7-14-11-29(6-4-19(14)27-10-16)20(30)13-1-2-17(8-13)28-5-3-18(26)15(9-25)12-28/h7,9-10,13,17,25H,1-6,8,11-12,26H2. The van der Waals surface area contributed by atoms with Crippen LogP contribution in [0.25, 0.3) is 0 Å². The number of rotatable bonds is 3. The SMILES string of the molecule is N=CC1=C(N)CCN(C2CCC(C(=O)N3CCc4ncc(C(F)(F)F)cc4C3)C2)C1. The van der Waals surface area contributed by atoms with Crippen molar-refractivity contribution in [3.63, 3.8) is 0 Å². The van der Waals surface area contributed by atoms with Gasteiger partial charge in [-0.2, -0.15) is 13.2 Å². The molecule has 1 fully saturated rings. The van der Waals surface area contributed by atoms with E-state index in [1.54, 1.807) is 4.90 Å². The molecule has 2 atom stereocenters. The summed E-state index contributed by atoms with van der Waals surface area (Å²) in [5, 5.41) is 7.52. The van der Waals surface area contributed by atoms with Crippen LogP contribution in [0.15, 0.2) is 23.5 Å². The van der Waals surface area contributed by atoms with Gasteiger partial charge in [0.25, 0.3) is 0 Å². The van der Waals surface area contributed by atoms with E-state index in [9.17, 15) is 18.0 Å². The van der Waals surface area contributed by atoms with Crippen molar-refractivity contribution < 1.29 is 18.0 Å². The first kappa shape index (κ1) is 20.8. The van der Waals surface area contributed by atoms with Crippen LogP contribution in [0.3, 0.4) is 0 Å². The predicted octanol–water partition coefficient (Wildman–Crippen LogP) is 2.72. The zero-order valence-electron chi connectivity index (χ0n) is 16.7. The summed E-state index contributed by atoms with van der Waals surface area (Å²) in [4.78, 5) is 21.1. The number of amides is 1. The molecule has 30 heavy (non-hydrogen) atoms. The van der Waals surface area contributed by atoms with Crippen molar-refractivity contribution in [2.75, 3.05) is 19.6 Å². The third-order valence-corrected chi connectivity index (χ3v) is 6.58. The number of carbonyl (C=O) groups is 1. The van der Waals surface area contributed by atoms with Gasteiger partial charge in [-0.25, -0.2) is 0 Å². The Kier molecular flexibility index (Phi) is 5.57. The third-order valence-electron chi connectivity index (χ3n) is 6.58. The van der Waals surface area contributed by atoms with Gasteiger partial charge >= 0.3 is 6.18 Å². The van der Waals surface area contributed by atoms with Crippen molar-refractivity contribution in [3.8, 4) is 0 Å². The number of halogens is 3. The van der Waals surface area contributed by atoms with E-state index in [4.69, 9.17) is 11.1 Å². The average Bonchev–Trinajstić information content (AvgIpc) is 3.22. The Morgan fingerprint density at radius 3 is 2.77 bits per heavy atom. The van der Waals surface area contributed by atoms with Crippen molar-refractivity contribution in [3.05, 3.63) is 40.4 Å². The van der Waals surface area contributed by atoms with Gasteiger partial charge in [0.2, 0.25) is 5.91 Å². The number of nitrogens with two attached hydrogens (primary N) is 1. The molecule has 6 nitrogen and oxygen atoms in total. The number of hydrogen-bond acceptors (Lipinski definition) is 5. The molecule has 1 aromatic rings. The minimum Gasteiger partial charge on any atom is -0.402 e. The molecule has 3 heterocycles. The summed E-state index contributed by atoms with van der Waals surface area (Å²) < 4.78 is 39.0. The van der Waals surface area contributed by atoms with Crippen molar-refractivity contribution in [1.82, 2.24) is 14.8 Å². The number of nitrogens with one attached hydrogen (secondary N) is 1. The van der Waals surface area contributed by atoms with Crippen molar-refractivity contribution in [2.24, 2.45) is 11.7 Å². The van der Waals surface area contributed by atoms with Crippen LogP contribution in [0.2, 0.25) is 0 Å². The van der Waals surface area contributed by atoms with E-state index >= 15 is 0 Å². The lowest BCUT2D eigenvalue weighted by Gasteiger charge is -2.34. The summed E-state index contributed by atoms with van der Waals surface area (Å²) in [6.45, 7) is 2.15. The van der Waals surface area contributed by atoms with Crippen molar-refractivity contribution in [1.29, 1.82) is 5.41 Å². The van der Waals surface area contributed by atoms with Crippen molar-refractivity contribution in [2.45, 2.75) is 50.9 Å². The Balaban J connectivity index is 1.40.